The van der Waals surface area contributed by atoms with Crippen molar-refractivity contribution >= 4 is 32.3 Å². The van der Waals surface area contributed by atoms with E-state index in [9.17, 15) is 0 Å². The average Bonchev–Trinajstić information content (AvgIpc) is 2.61. The SMILES string of the molecule is Brc1ccc2cc3nncn3cc2c1. The maximum atomic E-state index is 3.99. The highest BCUT2D eigenvalue weighted by atomic mass is 79.9. The molecule has 0 saturated carbocycles. The Kier molecular flexibility index (Phi) is 1.58. The van der Waals surface area contributed by atoms with Crippen LogP contribution >= 0.6 is 15.9 Å². The van der Waals surface area contributed by atoms with Crippen LogP contribution in [0.15, 0.2) is 41.3 Å². The Hall–Kier alpha value is -1.42. The first kappa shape index (κ1) is 7.94. The number of hydrogen-bond donors (Lipinski definition) is 0. The van der Waals surface area contributed by atoms with E-state index in [0.717, 1.165) is 10.1 Å². The molecule has 4 heteroatoms. The van der Waals surface area contributed by atoms with Crippen molar-refractivity contribution in [2.45, 2.75) is 0 Å². The molecule has 68 valence electrons. The summed E-state index contributed by atoms with van der Waals surface area (Å²) in [6.07, 6.45) is 3.73. The number of nitrogens with zero attached hydrogens (tertiary/aromatic N) is 3. The fourth-order valence-corrected chi connectivity index (χ4v) is 1.91. The summed E-state index contributed by atoms with van der Waals surface area (Å²) in [5.41, 5.74) is 0.875. The maximum absolute atomic E-state index is 3.99. The zero-order valence-electron chi connectivity index (χ0n) is 7.18. The highest BCUT2D eigenvalue weighted by molar-refractivity contribution is 9.10. The fourth-order valence-electron chi connectivity index (χ4n) is 1.53. The molecule has 0 fully saturated rings. The molecule has 2 heterocycles. The van der Waals surface area contributed by atoms with E-state index in [1.807, 2.05) is 22.7 Å². The fraction of sp³-hybridized carbons (Fsp3) is 0. The number of pyridine rings is 1. The van der Waals surface area contributed by atoms with Gasteiger partial charge in [-0.2, -0.15) is 0 Å². The molecule has 0 bridgehead atoms. The van der Waals surface area contributed by atoms with E-state index >= 15 is 0 Å². The third-order valence-corrected chi connectivity index (χ3v) is 2.71. The Morgan fingerprint density at radius 2 is 2.07 bits per heavy atom. The Bertz CT molecular complexity index is 615. The third-order valence-electron chi connectivity index (χ3n) is 2.21. The summed E-state index contributed by atoms with van der Waals surface area (Å²) >= 11 is 3.45. The summed E-state index contributed by atoms with van der Waals surface area (Å²) in [4.78, 5) is 0. The predicted octanol–water partition coefficient (Wildman–Crippen LogP) is 2.65. The molecule has 3 aromatic rings. The predicted molar refractivity (Wildman–Crippen MR) is 58.2 cm³/mol. The Morgan fingerprint density at radius 3 is 3.00 bits per heavy atom. The van der Waals surface area contributed by atoms with E-state index in [2.05, 4.69) is 38.3 Å². The van der Waals surface area contributed by atoms with Crippen LogP contribution < -0.4 is 0 Å². The highest BCUT2D eigenvalue weighted by Crippen LogP contribution is 2.20. The van der Waals surface area contributed by atoms with E-state index in [-0.39, 0.29) is 0 Å². The van der Waals surface area contributed by atoms with Gasteiger partial charge in [0.05, 0.1) is 0 Å². The van der Waals surface area contributed by atoms with Gasteiger partial charge in [-0.05, 0) is 29.0 Å². The van der Waals surface area contributed by atoms with Crippen molar-refractivity contribution in [1.82, 2.24) is 14.6 Å². The Balaban J connectivity index is 2.50. The first-order chi connectivity index (χ1) is 6.83. The van der Waals surface area contributed by atoms with Crippen molar-refractivity contribution < 1.29 is 0 Å². The molecule has 3 nitrogen and oxygen atoms in total. The van der Waals surface area contributed by atoms with Gasteiger partial charge in [0, 0.05) is 10.7 Å². The summed E-state index contributed by atoms with van der Waals surface area (Å²) in [7, 11) is 0. The van der Waals surface area contributed by atoms with Crippen LogP contribution in [-0.4, -0.2) is 14.6 Å². The van der Waals surface area contributed by atoms with Gasteiger partial charge < -0.3 is 0 Å². The van der Waals surface area contributed by atoms with Gasteiger partial charge in [0.2, 0.25) is 0 Å². The Labute approximate surface area is 88.5 Å². The number of hydrogen-bond acceptors (Lipinski definition) is 2. The van der Waals surface area contributed by atoms with Gasteiger partial charge >= 0.3 is 0 Å². The maximum Gasteiger partial charge on any atom is 0.161 e. The van der Waals surface area contributed by atoms with Crippen LogP contribution in [0.1, 0.15) is 0 Å². The van der Waals surface area contributed by atoms with Crippen molar-refractivity contribution in [2.75, 3.05) is 0 Å². The number of rotatable bonds is 0. The number of halogens is 1. The van der Waals surface area contributed by atoms with Crippen LogP contribution in [0.4, 0.5) is 0 Å². The van der Waals surface area contributed by atoms with E-state index in [0.29, 0.717) is 0 Å². The molecule has 0 aliphatic heterocycles. The van der Waals surface area contributed by atoms with Gasteiger partial charge in [-0.25, -0.2) is 0 Å². The molecular weight excluding hydrogens is 242 g/mol. The summed E-state index contributed by atoms with van der Waals surface area (Å²) in [6.45, 7) is 0. The molecule has 0 spiro atoms. The minimum atomic E-state index is 0.875. The number of aromatic nitrogens is 3. The van der Waals surface area contributed by atoms with Crippen LogP contribution in [-0.2, 0) is 0 Å². The van der Waals surface area contributed by atoms with Gasteiger partial charge in [-0.1, -0.05) is 22.0 Å². The summed E-state index contributed by atoms with van der Waals surface area (Å²) in [5, 5.41) is 10.2. The molecule has 0 unspecified atom stereocenters. The molecule has 14 heavy (non-hydrogen) atoms. The lowest BCUT2D eigenvalue weighted by molar-refractivity contribution is 1.10. The first-order valence-electron chi connectivity index (χ1n) is 4.21. The molecule has 0 atom stereocenters. The topological polar surface area (TPSA) is 30.2 Å². The van der Waals surface area contributed by atoms with Crippen LogP contribution in [0.25, 0.3) is 16.4 Å². The molecule has 0 amide bonds. The van der Waals surface area contributed by atoms with Crippen molar-refractivity contribution in [3.8, 4) is 0 Å². The lowest BCUT2D eigenvalue weighted by atomic mass is 10.2. The standard InChI is InChI=1S/C10H6BrN3/c11-9-2-1-7-4-10-13-12-6-14(10)5-8(7)3-9/h1-6H. The zero-order chi connectivity index (χ0) is 9.54. The number of benzene rings is 1. The van der Waals surface area contributed by atoms with Crippen LogP contribution in [0, 0.1) is 0 Å². The molecule has 3 rings (SSSR count). The lowest BCUT2D eigenvalue weighted by Crippen LogP contribution is -1.83. The van der Waals surface area contributed by atoms with E-state index in [4.69, 9.17) is 0 Å². The second-order valence-corrected chi connectivity index (χ2v) is 4.06. The summed E-state index contributed by atoms with van der Waals surface area (Å²) < 4.78 is 2.99. The number of fused-ring (bicyclic) bond motifs is 2. The smallest absolute Gasteiger partial charge is 0.161 e. The van der Waals surface area contributed by atoms with Crippen LogP contribution in [0.5, 0.6) is 0 Å². The Morgan fingerprint density at radius 1 is 1.14 bits per heavy atom. The monoisotopic (exact) mass is 247 g/mol. The minimum absolute atomic E-state index is 0.875. The quantitative estimate of drug-likeness (QED) is 0.612. The first-order valence-corrected chi connectivity index (χ1v) is 5.01. The average molecular weight is 248 g/mol. The highest BCUT2D eigenvalue weighted by Gasteiger charge is 1.99. The van der Waals surface area contributed by atoms with Gasteiger partial charge in [-0.3, -0.25) is 4.40 Å². The normalized spacial score (nSPS) is 11.2. The van der Waals surface area contributed by atoms with E-state index < -0.39 is 0 Å². The van der Waals surface area contributed by atoms with Crippen molar-refractivity contribution in [3.05, 3.63) is 41.3 Å². The van der Waals surface area contributed by atoms with Gasteiger partial charge in [0.15, 0.2) is 5.65 Å². The van der Waals surface area contributed by atoms with Crippen LogP contribution in [0.3, 0.4) is 0 Å². The minimum Gasteiger partial charge on any atom is -0.288 e. The molecule has 0 N–H and O–H groups in total. The second-order valence-electron chi connectivity index (χ2n) is 3.14. The summed E-state index contributed by atoms with van der Waals surface area (Å²) in [6, 6.07) is 8.19. The van der Waals surface area contributed by atoms with E-state index in [1.54, 1.807) is 6.33 Å². The zero-order valence-corrected chi connectivity index (χ0v) is 8.77. The lowest BCUT2D eigenvalue weighted by Gasteiger charge is -1.99. The molecule has 0 radical (unpaired) electrons. The largest absolute Gasteiger partial charge is 0.288 e. The molecule has 2 aromatic heterocycles. The molecule has 0 aliphatic rings. The molecule has 0 aliphatic carbocycles. The van der Waals surface area contributed by atoms with Crippen molar-refractivity contribution in [1.29, 1.82) is 0 Å². The van der Waals surface area contributed by atoms with Gasteiger partial charge in [0.1, 0.15) is 6.33 Å². The van der Waals surface area contributed by atoms with Gasteiger partial charge in [0.25, 0.3) is 0 Å². The molecule has 0 saturated heterocycles. The van der Waals surface area contributed by atoms with Crippen molar-refractivity contribution in [3.63, 3.8) is 0 Å². The van der Waals surface area contributed by atoms with Crippen molar-refractivity contribution in [2.24, 2.45) is 0 Å². The second kappa shape index (κ2) is 2.78. The van der Waals surface area contributed by atoms with Crippen LogP contribution in [0.2, 0.25) is 0 Å². The molecule has 1 aromatic carbocycles. The molecular formula is C10H6BrN3. The van der Waals surface area contributed by atoms with E-state index in [1.165, 1.54) is 10.8 Å². The third kappa shape index (κ3) is 1.11. The van der Waals surface area contributed by atoms with Gasteiger partial charge in [-0.15, -0.1) is 10.2 Å². The summed E-state index contributed by atoms with van der Waals surface area (Å²) in [5.74, 6) is 0.